The van der Waals surface area contributed by atoms with Gasteiger partial charge in [0.15, 0.2) is 0 Å². The van der Waals surface area contributed by atoms with E-state index in [1.807, 2.05) is 44.2 Å². The highest BCUT2D eigenvalue weighted by atomic mass is 19.1. The number of hydrogen-bond donors (Lipinski definition) is 1. The maximum atomic E-state index is 13.6. The average Bonchev–Trinajstić information content (AvgIpc) is 3.29. The molecule has 0 spiro atoms. The minimum atomic E-state index is -0.906. The van der Waals surface area contributed by atoms with E-state index in [0.717, 1.165) is 23.8 Å². The Kier molecular flexibility index (Phi) is 9.14. The van der Waals surface area contributed by atoms with E-state index in [9.17, 15) is 18.4 Å². The van der Waals surface area contributed by atoms with Crippen LogP contribution in [0.4, 0.5) is 8.78 Å². The van der Waals surface area contributed by atoms with E-state index in [1.165, 1.54) is 7.11 Å². The number of halogens is 2. The number of carbonyl (C=O) groups is 2. The van der Waals surface area contributed by atoms with Crippen LogP contribution in [0.3, 0.4) is 0 Å². The van der Waals surface area contributed by atoms with Crippen LogP contribution < -0.4 is 5.32 Å². The number of hydrogen-bond acceptors (Lipinski definition) is 6. The maximum absolute atomic E-state index is 13.6. The summed E-state index contributed by atoms with van der Waals surface area (Å²) >= 11 is 0. The fourth-order valence-corrected chi connectivity index (χ4v) is 3.67. The second-order valence-corrected chi connectivity index (χ2v) is 8.65. The first-order valence-corrected chi connectivity index (χ1v) is 11.3. The summed E-state index contributed by atoms with van der Waals surface area (Å²) < 4.78 is 43.3. The fourth-order valence-electron chi connectivity index (χ4n) is 3.67. The van der Waals surface area contributed by atoms with Gasteiger partial charge in [-0.25, -0.2) is 8.78 Å². The summed E-state index contributed by atoms with van der Waals surface area (Å²) in [5, 5.41) is 3.06. The molecule has 0 saturated carbocycles. The Hall–Kier alpha value is -3.52. The predicted molar refractivity (Wildman–Crippen MR) is 126 cm³/mol. The molecule has 3 rings (SSSR count). The summed E-state index contributed by atoms with van der Waals surface area (Å²) in [6.45, 7) is 4.04. The lowest BCUT2D eigenvalue weighted by Crippen LogP contribution is -2.49. The van der Waals surface area contributed by atoms with E-state index in [-0.39, 0.29) is 30.3 Å². The largest absolute Gasteiger partial charge is 0.468 e. The SMILES string of the molecule is COC(=O)C(Cc1ccc(-c2cc(F)cc(F)c2)o1)N[C@@H](CC(C)C)C(=O)OCc1ccccc1. The molecule has 3 aromatic rings. The molecule has 0 saturated heterocycles. The fraction of sp³-hybridized carbons (Fsp3) is 0.333. The van der Waals surface area contributed by atoms with Gasteiger partial charge in [0, 0.05) is 18.1 Å². The number of nitrogens with one attached hydrogen (secondary N) is 1. The number of methoxy groups -OCH3 is 1. The number of benzene rings is 2. The number of carbonyl (C=O) groups excluding carboxylic acids is 2. The molecule has 0 bridgehead atoms. The van der Waals surface area contributed by atoms with Crippen LogP contribution in [-0.4, -0.2) is 31.1 Å². The standard InChI is InChI=1S/C27H29F2NO5/c1-17(2)11-23(27(32)34-16-18-7-5-4-6-8-18)30-24(26(31)33-3)15-22-9-10-25(35-22)19-12-20(28)14-21(29)13-19/h4-10,12-14,17,23-24,30H,11,15-16H2,1-3H3/t23-,24?/m0/s1. The molecule has 2 aromatic carbocycles. The Morgan fingerprint density at radius 3 is 2.26 bits per heavy atom. The lowest BCUT2D eigenvalue weighted by atomic mass is 10.0. The first-order valence-electron chi connectivity index (χ1n) is 11.3. The van der Waals surface area contributed by atoms with Crippen molar-refractivity contribution in [2.45, 2.75) is 45.4 Å². The van der Waals surface area contributed by atoms with Crippen molar-refractivity contribution in [1.82, 2.24) is 5.32 Å². The second-order valence-electron chi connectivity index (χ2n) is 8.65. The van der Waals surface area contributed by atoms with Crippen molar-refractivity contribution >= 4 is 11.9 Å². The van der Waals surface area contributed by atoms with Gasteiger partial charge < -0.3 is 13.9 Å². The van der Waals surface area contributed by atoms with E-state index in [4.69, 9.17) is 13.9 Å². The van der Waals surface area contributed by atoms with Crippen molar-refractivity contribution in [3.05, 3.63) is 83.6 Å². The molecule has 0 amide bonds. The molecule has 0 aliphatic rings. The van der Waals surface area contributed by atoms with Crippen LogP contribution in [0.2, 0.25) is 0 Å². The predicted octanol–water partition coefficient (Wildman–Crippen LogP) is 5.06. The summed E-state index contributed by atoms with van der Waals surface area (Å²) in [6, 6.07) is 13.9. The minimum absolute atomic E-state index is 0.0605. The van der Waals surface area contributed by atoms with Gasteiger partial charge in [0.1, 0.15) is 41.8 Å². The topological polar surface area (TPSA) is 77.8 Å². The van der Waals surface area contributed by atoms with Gasteiger partial charge in [-0.05, 0) is 42.2 Å². The first-order chi connectivity index (χ1) is 16.7. The highest BCUT2D eigenvalue weighted by Crippen LogP contribution is 2.25. The molecule has 1 unspecified atom stereocenters. The Morgan fingerprint density at radius 1 is 0.943 bits per heavy atom. The van der Waals surface area contributed by atoms with Crippen molar-refractivity contribution < 1.29 is 32.3 Å². The molecule has 186 valence electrons. The quantitative estimate of drug-likeness (QED) is 0.383. The van der Waals surface area contributed by atoms with Gasteiger partial charge in [-0.2, -0.15) is 0 Å². The van der Waals surface area contributed by atoms with Gasteiger partial charge in [-0.15, -0.1) is 0 Å². The summed E-state index contributed by atoms with van der Waals surface area (Å²) in [5.74, 6) is -1.73. The molecule has 6 nitrogen and oxygen atoms in total. The summed E-state index contributed by atoms with van der Waals surface area (Å²) in [6.07, 6.45) is 0.498. The molecule has 1 N–H and O–H groups in total. The monoisotopic (exact) mass is 485 g/mol. The zero-order valence-electron chi connectivity index (χ0n) is 19.9. The number of furan rings is 1. The first kappa shape index (κ1) is 26.1. The molecule has 1 heterocycles. The zero-order chi connectivity index (χ0) is 25.4. The van der Waals surface area contributed by atoms with E-state index in [1.54, 1.807) is 12.1 Å². The number of rotatable bonds is 11. The number of esters is 2. The van der Waals surface area contributed by atoms with Crippen LogP contribution in [0.15, 0.2) is 65.1 Å². The molecule has 0 aliphatic heterocycles. The summed E-state index contributed by atoms with van der Waals surface area (Å²) in [7, 11) is 1.26. The van der Waals surface area contributed by atoms with E-state index < -0.39 is 35.7 Å². The molecule has 0 fully saturated rings. The van der Waals surface area contributed by atoms with Crippen molar-refractivity contribution in [3.63, 3.8) is 0 Å². The summed E-state index contributed by atoms with van der Waals surface area (Å²) in [5.41, 5.74) is 1.09. The van der Waals surface area contributed by atoms with Crippen LogP contribution in [-0.2, 0) is 32.1 Å². The Morgan fingerprint density at radius 2 is 1.63 bits per heavy atom. The van der Waals surface area contributed by atoms with Crippen molar-refractivity contribution in [2.24, 2.45) is 5.92 Å². The van der Waals surface area contributed by atoms with E-state index in [0.29, 0.717) is 12.2 Å². The third-order valence-electron chi connectivity index (χ3n) is 5.32. The molecule has 8 heteroatoms. The lowest BCUT2D eigenvalue weighted by molar-refractivity contribution is -0.149. The zero-order valence-corrected chi connectivity index (χ0v) is 19.9. The molecular weight excluding hydrogens is 456 g/mol. The molecular formula is C27H29F2NO5. The van der Waals surface area contributed by atoms with Crippen molar-refractivity contribution in [2.75, 3.05) is 7.11 Å². The highest BCUT2D eigenvalue weighted by Gasteiger charge is 2.30. The second kappa shape index (κ2) is 12.3. The minimum Gasteiger partial charge on any atom is -0.468 e. The van der Waals surface area contributed by atoms with E-state index >= 15 is 0 Å². The normalized spacial score (nSPS) is 12.9. The Bertz CT molecular complexity index is 1110. The molecule has 1 aromatic heterocycles. The third-order valence-corrected chi connectivity index (χ3v) is 5.32. The van der Waals surface area contributed by atoms with Crippen molar-refractivity contribution in [1.29, 1.82) is 0 Å². The van der Waals surface area contributed by atoms with Gasteiger partial charge in [0.05, 0.1) is 7.11 Å². The molecule has 2 atom stereocenters. The number of ether oxygens (including phenoxy) is 2. The third kappa shape index (κ3) is 7.75. The summed E-state index contributed by atoms with van der Waals surface area (Å²) in [4.78, 5) is 25.4. The molecule has 0 radical (unpaired) electrons. The van der Waals surface area contributed by atoms with Crippen LogP contribution >= 0.6 is 0 Å². The van der Waals surface area contributed by atoms with Gasteiger partial charge >= 0.3 is 11.9 Å². The Labute approximate surface area is 203 Å². The van der Waals surface area contributed by atoms with Crippen LogP contribution in [0.25, 0.3) is 11.3 Å². The molecule has 35 heavy (non-hydrogen) atoms. The van der Waals surface area contributed by atoms with Crippen LogP contribution in [0, 0.1) is 17.6 Å². The van der Waals surface area contributed by atoms with Crippen molar-refractivity contribution in [3.8, 4) is 11.3 Å². The Balaban J connectivity index is 1.73. The van der Waals surface area contributed by atoms with Gasteiger partial charge in [0.25, 0.3) is 0 Å². The lowest BCUT2D eigenvalue weighted by Gasteiger charge is -2.24. The van der Waals surface area contributed by atoms with E-state index in [2.05, 4.69) is 5.32 Å². The van der Waals surface area contributed by atoms with Gasteiger partial charge in [-0.1, -0.05) is 44.2 Å². The van der Waals surface area contributed by atoms with Crippen LogP contribution in [0.1, 0.15) is 31.6 Å². The van der Waals surface area contributed by atoms with Crippen LogP contribution in [0.5, 0.6) is 0 Å². The smallest absolute Gasteiger partial charge is 0.323 e. The van der Waals surface area contributed by atoms with Gasteiger partial charge in [-0.3, -0.25) is 14.9 Å². The maximum Gasteiger partial charge on any atom is 0.323 e. The average molecular weight is 486 g/mol. The molecule has 0 aliphatic carbocycles. The van der Waals surface area contributed by atoms with Gasteiger partial charge in [0.2, 0.25) is 0 Å². The highest BCUT2D eigenvalue weighted by molar-refractivity contribution is 5.80.